The van der Waals surface area contributed by atoms with Gasteiger partial charge in [0.25, 0.3) is 5.91 Å². The third kappa shape index (κ3) is 4.42. The van der Waals surface area contributed by atoms with Crippen LogP contribution in [0.2, 0.25) is 0 Å². The third-order valence-electron chi connectivity index (χ3n) is 2.92. The van der Waals surface area contributed by atoms with Crippen LogP contribution in [0.5, 0.6) is 0 Å². The van der Waals surface area contributed by atoms with Crippen molar-refractivity contribution in [1.82, 2.24) is 5.48 Å². The molecule has 1 aromatic carbocycles. The molecule has 0 spiro atoms. The molecule has 0 bridgehead atoms. The van der Waals surface area contributed by atoms with Crippen LogP contribution in [0, 0.1) is 9.39 Å². The second kappa shape index (κ2) is 8.40. The van der Waals surface area contributed by atoms with Crippen molar-refractivity contribution in [1.29, 1.82) is 0 Å². The Kier molecular flexibility index (Phi) is 6.52. The number of halogens is 4. The normalized spacial score (nSPS) is 19.0. The molecule has 128 valence electrons. The molecule has 1 aliphatic rings. The van der Waals surface area contributed by atoms with E-state index in [0.717, 1.165) is 12.2 Å². The highest BCUT2D eigenvalue weighted by Gasteiger charge is 2.31. The van der Waals surface area contributed by atoms with Gasteiger partial charge in [0.2, 0.25) is 0 Å². The smallest absolute Gasteiger partial charge is 0.276 e. The predicted octanol–water partition coefficient (Wildman–Crippen LogP) is 2.67. The molecule has 0 radical (unpaired) electrons. The topological polar surface area (TPSA) is 70.9 Å². The molecule has 1 aliphatic carbocycles. The number of benzene rings is 1. The standard InChI is InChI=1S/C15H12F3IN2O3/c16-10-3-2-9(15(23)21-24-6-5-22)14(13(10)18)20-12-4-1-8(19)7-11(12)17/h1-4,7,13,22H,5-6H2,(H,21,23)/t13-/m1/s1. The molecule has 1 amide bonds. The van der Waals surface area contributed by atoms with E-state index in [9.17, 15) is 18.0 Å². The van der Waals surface area contributed by atoms with Crippen LogP contribution in [-0.2, 0) is 9.63 Å². The number of aliphatic hydroxyl groups excluding tert-OH is 1. The highest BCUT2D eigenvalue weighted by molar-refractivity contribution is 14.1. The molecule has 0 unspecified atom stereocenters. The fraction of sp³-hybridized carbons (Fsp3) is 0.200. The Hall–Kier alpha value is -1.72. The van der Waals surface area contributed by atoms with Crippen molar-refractivity contribution in [2.75, 3.05) is 13.2 Å². The Labute approximate surface area is 149 Å². The van der Waals surface area contributed by atoms with Crippen LogP contribution in [0.3, 0.4) is 0 Å². The lowest BCUT2D eigenvalue weighted by molar-refractivity contribution is -0.129. The molecule has 0 saturated heterocycles. The lowest BCUT2D eigenvalue weighted by Crippen LogP contribution is -2.34. The number of nitrogens with one attached hydrogen (secondary N) is 1. The second-order valence-corrected chi connectivity index (χ2v) is 5.84. The molecule has 24 heavy (non-hydrogen) atoms. The van der Waals surface area contributed by atoms with Crippen molar-refractivity contribution in [3.63, 3.8) is 0 Å². The molecule has 2 N–H and O–H groups in total. The summed E-state index contributed by atoms with van der Waals surface area (Å²) in [5.74, 6) is -2.76. The summed E-state index contributed by atoms with van der Waals surface area (Å²) in [5, 5.41) is 8.59. The number of aliphatic imine (C=N–C) groups is 1. The summed E-state index contributed by atoms with van der Waals surface area (Å²) in [5.41, 5.74) is 0.867. The van der Waals surface area contributed by atoms with Gasteiger partial charge in [0.1, 0.15) is 11.6 Å². The molecule has 9 heteroatoms. The summed E-state index contributed by atoms with van der Waals surface area (Å²) in [4.78, 5) is 20.4. The first-order valence-corrected chi connectivity index (χ1v) is 7.80. The maximum atomic E-state index is 14.1. The van der Waals surface area contributed by atoms with Gasteiger partial charge in [-0.2, -0.15) is 0 Å². The van der Waals surface area contributed by atoms with Gasteiger partial charge in [-0.15, -0.1) is 0 Å². The Morgan fingerprint density at radius 1 is 1.38 bits per heavy atom. The van der Waals surface area contributed by atoms with E-state index in [2.05, 4.69) is 9.83 Å². The zero-order valence-corrected chi connectivity index (χ0v) is 14.3. The van der Waals surface area contributed by atoms with Gasteiger partial charge in [0, 0.05) is 3.57 Å². The quantitative estimate of drug-likeness (QED) is 0.410. The number of carbonyl (C=O) groups excluding carboxylic acids is 1. The predicted molar refractivity (Wildman–Crippen MR) is 89.6 cm³/mol. The van der Waals surface area contributed by atoms with Gasteiger partial charge in [-0.3, -0.25) is 9.63 Å². The van der Waals surface area contributed by atoms with Crippen molar-refractivity contribution in [2.24, 2.45) is 4.99 Å². The highest BCUT2D eigenvalue weighted by Crippen LogP contribution is 2.27. The molecule has 1 atom stereocenters. The first-order valence-electron chi connectivity index (χ1n) is 6.72. The minimum atomic E-state index is -2.30. The number of allylic oxidation sites excluding steroid dienone is 3. The minimum absolute atomic E-state index is 0.180. The minimum Gasteiger partial charge on any atom is -0.394 e. The molecule has 0 aromatic heterocycles. The molecule has 0 saturated carbocycles. The number of amides is 1. The number of hydroxylamine groups is 1. The van der Waals surface area contributed by atoms with Crippen LogP contribution in [-0.4, -0.2) is 36.1 Å². The summed E-state index contributed by atoms with van der Waals surface area (Å²) >= 11 is 1.89. The number of nitrogens with zero attached hydrogens (tertiary/aromatic N) is 1. The molecular formula is C15H12F3IN2O3. The molecule has 2 rings (SSSR count). The molecular weight excluding hydrogens is 440 g/mol. The van der Waals surface area contributed by atoms with Crippen molar-refractivity contribution < 1.29 is 27.9 Å². The van der Waals surface area contributed by atoms with E-state index in [1.165, 1.54) is 12.1 Å². The number of alkyl halides is 1. The van der Waals surface area contributed by atoms with Crippen molar-refractivity contribution in [3.05, 3.63) is 51.1 Å². The summed E-state index contributed by atoms with van der Waals surface area (Å²) in [6, 6.07) is 4.01. The largest absolute Gasteiger partial charge is 0.394 e. The third-order valence-corrected chi connectivity index (χ3v) is 3.59. The van der Waals surface area contributed by atoms with E-state index >= 15 is 0 Å². The van der Waals surface area contributed by atoms with Gasteiger partial charge in [-0.25, -0.2) is 23.6 Å². The van der Waals surface area contributed by atoms with E-state index in [-0.39, 0.29) is 24.5 Å². The maximum absolute atomic E-state index is 14.1. The maximum Gasteiger partial charge on any atom is 0.276 e. The fourth-order valence-electron chi connectivity index (χ4n) is 1.83. The Bertz CT molecular complexity index is 735. The van der Waals surface area contributed by atoms with Crippen LogP contribution >= 0.6 is 22.6 Å². The van der Waals surface area contributed by atoms with E-state index in [0.29, 0.717) is 3.57 Å². The summed E-state index contributed by atoms with van der Waals surface area (Å²) in [6.07, 6.45) is -0.492. The van der Waals surface area contributed by atoms with Crippen molar-refractivity contribution in [3.8, 4) is 0 Å². The van der Waals surface area contributed by atoms with Crippen LogP contribution in [0.15, 0.2) is 46.7 Å². The van der Waals surface area contributed by atoms with E-state index in [4.69, 9.17) is 5.11 Å². The number of hydrogen-bond acceptors (Lipinski definition) is 4. The molecule has 0 aliphatic heterocycles. The lowest BCUT2D eigenvalue weighted by atomic mass is 9.99. The van der Waals surface area contributed by atoms with Crippen molar-refractivity contribution in [2.45, 2.75) is 6.17 Å². The first kappa shape index (κ1) is 18.6. The summed E-state index contributed by atoms with van der Waals surface area (Å²) in [7, 11) is 0. The molecule has 0 fully saturated rings. The fourth-order valence-corrected chi connectivity index (χ4v) is 2.28. The van der Waals surface area contributed by atoms with Gasteiger partial charge in [-0.05, 0) is 52.9 Å². The van der Waals surface area contributed by atoms with Crippen LogP contribution in [0.4, 0.5) is 18.9 Å². The van der Waals surface area contributed by atoms with Gasteiger partial charge in [-0.1, -0.05) is 0 Å². The molecule has 1 aromatic rings. The average Bonchev–Trinajstić information content (AvgIpc) is 2.54. The van der Waals surface area contributed by atoms with Crippen molar-refractivity contribution >= 4 is 39.9 Å². The van der Waals surface area contributed by atoms with Gasteiger partial charge < -0.3 is 5.11 Å². The van der Waals surface area contributed by atoms with Crippen LogP contribution < -0.4 is 5.48 Å². The van der Waals surface area contributed by atoms with E-state index < -0.39 is 29.4 Å². The zero-order valence-electron chi connectivity index (χ0n) is 12.1. The SMILES string of the molecule is O=C(NOCCO)C1=CC=C(F)[C@@H](F)C1=Nc1ccc(I)cc1F. The zero-order chi connectivity index (χ0) is 17.7. The summed E-state index contributed by atoms with van der Waals surface area (Å²) < 4.78 is 42.1. The average molecular weight is 452 g/mol. The number of aliphatic hydroxyl groups is 1. The number of rotatable bonds is 5. The van der Waals surface area contributed by atoms with Gasteiger partial charge in [0.05, 0.1) is 30.2 Å². The van der Waals surface area contributed by atoms with Gasteiger partial charge >= 0.3 is 0 Å². The second-order valence-electron chi connectivity index (χ2n) is 4.59. The monoisotopic (exact) mass is 452 g/mol. The first-order chi connectivity index (χ1) is 11.4. The number of carbonyl (C=O) groups is 1. The Balaban J connectivity index is 2.36. The van der Waals surface area contributed by atoms with Crippen LogP contribution in [0.25, 0.3) is 0 Å². The number of hydrogen-bond donors (Lipinski definition) is 2. The highest BCUT2D eigenvalue weighted by atomic mass is 127. The molecule has 5 nitrogen and oxygen atoms in total. The van der Waals surface area contributed by atoms with Crippen LogP contribution in [0.1, 0.15) is 0 Å². The Morgan fingerprint density at radius 3 is 2.79 bits per heavy atom. The Morgan fingerprint density at radius 2 is 2.12 bits per heavy atom. The van der Waals surface area contributed by atoms with Gasteiger partial charge in [0.15, 0.2) is 6.17 Å². The lowest BCUT2D eigenvalue weighted by Gasteiger charge is -2.17. The van der Waals surface area contributed by atoms with E-state index in [1.807, 2.05) is 28.1 Å². The summed E-state index contributed by atoms with van der Waals surface area (Å²) in [6.45, 7) is -0.519. The molecule has 0 heterocycles. The van der Waals surface area contributed by atoms with E-state index in [1.54, 1.807) is 6.07 Å².